The van der Waals surface area contributed by atoms with Crippen molar-refractivity contribution in [3.8, 4) is 17.3 Å². The molecule has 2 aromatic heterocycles. The zero-order valence-corrected chi connectivity index (χ0v) is 19.8. The van der Waals surface area contributed by atoms with Crippen LogP contribution in [-0.4, -0.2) is 37.9 Å². The third-order valence-corrected chi connectivity index (χ3v) is 6.13. The Morgan fingerprint density at radius 2 is 2.03 bits per heavy atom. The Hall–Kier alpha value is -3.77. The lowest BCUT2D eigenvalue weighted by atomic mass is 9.93. The van der Waals surface area contributed by atoms with E-state index in [1.807, 2.05) is 17.8 Å². The normalized spacial score (nSPS) is 21.0. The topological polar surface area (TPSA) is 132 Å². The second kappa shape index (κ2) is 9.61. The molecule has 3 N–H and O–H groups in total. The standard InChI is InChI=1S/C25H29N7O2/c1-14(10-26)22-9-18(5-6-21(22)24(27)33)23-15(2)11-28-25(31-23)30-19-12-29-32(13-19)20-7-16(3)34-17(4)8-20/h5-6,9,11-14,16-17,20H,7-8H2,1-4H3,(H2,27,33)(H,28,30,31)/t14-,16?,17?,20?/m1/s1. The van der Waals surface area contributed by atoms with Crippen LogP contribution in [0.2, 0.25) is 0 Å². The number of hydrogen-bond donors (Lipinski definition) is 2. The van der Waals surface area contributed by atoms with Crippen molar-refractivity contribution in [3.63, 3.8) is 0 Å². The van der Waals surface area contributed by atoms with Crippen molar-refractivity contribution in [1.29, 1.82) is 5.26 Å². The predicted molar refractivity (Wildman–Crippen MR) is 129 cm³/mol. The van der Waals surface area contributed by atoms with Gasteiger partial charge in [-0.15, -0.1) is 0 Å². The van der Waals surface area contributed by atoms with Crippen LogP contribution in [0.15, 0.2) is 36.8 Å². The van der Waals surface area contributed by atoms with Gasteiger partial charge in [0.25, 0.3) is 0 Å². The van der Waals surface area contributed by atoms with Crippen LogP contribution >= 0.6 is 0 Å². The summed E-state index contributed by atoms with van der Waals surface area (Å²) in [5, 5.41) is 17.2. The van der Waals surface area contributed by atoms with E-state index >= 15 is 0 Å². The molecule has 0 radical (unpaired) electrons. The molecule has 34 heavy (non-hydrogen) atoms. The molecule has 0 saturated carbocycles. The van der Waals surface area contributed by atoms with Crippen molar-refractivity contribution in [2.24, 2.45) is 5.73 Å². The summed E-state index contributed by atoms with van der Waals surface area (Å²) in [7, 11) is 0. The highest BCUT2D eigenvalue weighted by atomic mass is 16.5. The van der Waals surface area contributed by atoms with Gasteiger partial charge in [0.05, 0.1) is 47.8 Å². The van der Waals surface area contributed by atoms with E-state index in [9.17, 15) is 10.1 Å². The Bertz CT molecular complexity index is 1240. The maximum absolute atomic E-state index is 11.8. The van der Waals surface area contributed by atoms with Crippen LogP contribution in [0.4, 0.5) is 11.6 Å². The molecule has 0 bridgehead atoms. The number of benzene rings is 1. The lowest BCUT2D eigenvalue weighted by molar-refractivity contribution is -0.0506. The Labute approximate surface area is 199 Å². The highest BCUT2D eigenvalue weighted by molar-refractivity contribution is 5.95. The summed E-state index contributed by atoms with van der Waals surface area (Å²) >= 11 is 0. The highest BCUT2D eigenvalue weighted by Gasteiger charge is 2.26. The molecule has 9 heteroatoms. The minimum absolute atomic E-state index is 0.201. The van der Waals surface area contributed by atoms with Gasteiger partial charge in [-0.2, -0.15) is 10.4 Å². The summed E-state index contributed by atoms with van der Waals surface area (Å²) < 4.78 is 7.81. The van der Waals surface area contributed by atoms with E-state index in [4.69, 9.17) is 15.5 Å². The molecule has 9 nitrogen and oxygen atoms in total. The van der Waals surface area contributed by atoms with Gasteiger partial charge >= 0.3 is 0 Å². The van der Waals surface area contributed by atoms with E-state index in [1.165, 1.54) is 0 Å². The molecule has 0 aliphatic carbocycles. The number of nitriles is 1. The maximum Gasteiger partial charge on any atom is 0.249 e. The summed E-state index contributed by atoms with van der Waals surface area (Å²) in [6.45, 7) is 7.83. The number of ether oxygens (including phenoxy) is 1. The van der Waals surface area contributed by atoms with Crippen LogP contribution in [0.3, 0.4) is 0 Å². The van der Waals surface area contributed by atoms with Crippen molar-refractivity contribution in [2.45, 2.75) is 64.7 Å². The first-order chi connectivity index (χ1) is 16.2. The van der Waals surface area contributed by atoms with Crippen LogP contribution in [0, 0.1) is 18.3 Å². The lowest BCUT2D eigenvalue weighted by Gasteiger charge is -2.32. The summed E-state index contributed by atoms with van der Waals surface area (Å²) in [5.74, 6) is -0.609. The third kappa shape index (κ3) is 4.92. The van der Waals surface area contributed by atoms with Crippen LogP contribution in [0.25, 0.3) is 11.3 Å². The molecule has 3 aromatic rings. The van der Waals surface area contributed by atoms with E-state index in [-0.39, 0.29) is 18.2 Å². The molecule has 1 aliphatic rings. The molecule has 1 fully saturated rings. The first-order valence-corrected chi connectivity index (χ1v) is 11.4. The molecule has 1 aromatic carbocycles. The van der Waals surface area contributed by atoms with Gasteiger partial charge in [0.15, 0.2) is 0 Å². The minimum Gasteiger partial charge on any atom is -0.375 e. The number of nitrogens with zero attached hydrogens (tertiary/aromatic N) is 5. The fourth-order valence-electron chi connectivity index (χ4n) is 4.47. The molecule has 0 spiro atoms. The van der Waals surface area contributed by atoms with Gasteiger partial charge < -0.3 is 15.8 Å². The van der Waals surface area contributed by atoms with Crippen LogP contribution in [-0.2, 0) is 4.74 Å². The largest absolute Gasteiger partial charge is 0.375 e. The number of aryl methyl sites for hydroxylation is 1. The van der Waals surface area contributed by atoms with Gasteiger partial charge in [0.1, 0.15) is 0 Å². The van der Waals surface area contributed by atoms with E-state index in [0.29, 0.717) is 22.8 Å². The number of nitrogens with one attached hydrogen (secondary N) is 1. The number of nitrogens with two attached hydrogens (primary N) is 1. The highest BCUT2D eigenvalue weighted by Crippen LogP contribution is 2.31. The summed E-state index contributed by atoms with van der Waals surface area (Å²) in [6, 6.07) is 7.71. The van der Waals surface area contributed by atoms with E-state index < -0.39 is 11.8 Å². The van der Waals surface area contributed by atoms with Gasteiger partial charge in [0.2, 0.25) is 11.9 Å². The second-order valence-electron chi connectivity index (χ2n) is 8.96. The SMILES string of the molecule is Cc1cnc(Nc2cnn(C3CC(C)OC(C)C3)c2)nc1-c1ccc(C(N)=O)c([C@H](C)C#N)c1. The van der Waals surface area contributed by atoms with Gasteiger partial charge in [-0.05, 0) is 63.8 Å². The van der Waals surface area contributed by atoms with Crippen molar-refractivity contribution in [3.05, 3.63) is 53.5 Å². The number of primary amides is 1. The number of aromatic nitrogens is 4. The first-order valence-electron chi connectivity index (χ1n) is 11.4. The number of hydrogen-bond acceptors (Lipinski definition) is 7. The fourth-order valence-corrected chi connectivity index (χ4v) is 4.47. The number of rotatable bonds is 6. The van der Waals surface area contributed by atoms with Crippen molar-refractivity contribution >= 4 is 17.5 Å². The molecule has 4 rings (SSSR count). The number of carbonyl (C=O) groups excluding carboxylic acids is 1. The van der Waals surface area contributed by atoms with Gasteiger partial charge in [-0.25, -0.2) is 9.97 Å². The predicted octanol–water partition coefficient (Wildman–Crippen LogP) is 4.25. The van der Waals surface area contributed by atoms with Gasteiger partial charge in [0, 0.05) is 23.5 Å². The van der Waals surface area contributed by atoms with Crippen molar-refractivity contribution in [2.75, 3.05) is 5.32 Å². The average Bonchev–Trinajstić information content (AvgIpc) is 3.27. The Morgan fingerprint density at radius 1 is 1.29 bits per heavy atom. The second-order valence-corrected chi connectivity index (χ2v) is 8.96. The monoisotopic (exact) mass is 459 g/mol. The first kappa shape index (κ1) is 23.4. The minimum atomic E-state index is -0.559. The van der Waals surface area contributed by atoms with Crippen LogP contribution in [0.1, 0.15) is 67.1 Å². The molecule has 1 amide bonds. The molecular weight excluding hydrogens is 430 g/mol. The Balaban J connectivity index is 1.60. The third-order valence-electron chi connectivity index (χ3n) is 6.13. The van der Waals surface area contributed by atoms with Gasteiger partial charge in [-0.3, -0.25) is 9.48 Å². The number of amides is 1. The average molecular weight is 460 g/mol. The quantitative estimate of drug-likeness (QED) is 0.563. The molecule has 2 unspecified atom stereocenters. The van der Waals surface area contributed by atoms with Gasteiger partial charge in [-0.1, -0.05) is 6.07 Å². The number of anilines is 2. The molecule has 176 valence electrons. The van der Waals surface area contributed by atoms with E-state index in [2.05, 4.69) is 35.3 Å². The fraction of sp³-hybridized carbons (Fsp3) is 0.400. The molecule has 3 atom stereocenters. The zero-order chi connectivity index (χ0) is 24.4. The van der Waals surface area contributed by atoms with Crippen LogP contribution in [0.5, 0.6) is 0 Å². The zero-order valence-electron chi connectivity index (χ0n) is 19.8. The van der Waals surface area contributed by atoms with Crippen molar-refractivity contribution in [1.82, 2.24) is 19.7 Å². The summed E-state index contributed by atoms with van der Waals surface area (Å²) in [5.41, 5.74) is 9.59. The Kier molecular flexibility index (Phi) is 6.61. The smallest absolute Gasteiger partial charge is 0.249 e. The van der Waals surface area contributed by atoms with Crippen LogP contribution < -0.4 is 11.1 Å². The maximum atomic E-state index is 11.8. The molecule has 1 saturated heterocycles. The van der Waals surface area contributed by atoms with E-state index in [0.717, 1.165) is 29.7 Å². The lowest BCUT2D eigenvalue weighted by Crippen LogP contribution is -2.31. The Morgan fingerprint density at radius 3 is 2.71 bits per heavy atom. The molecule has 1 aliphatic heterocycles. The number of carbonyl (C=O) groups is 1. The van der Waals surface area contributed by atoms with E-state index in [1.54, 1.807) is 37.5 Å². The van der Waals surface area contributed by atoms with Crippen molar-refractivity contribution < 1.29 is 9.53 Å². The summed E-state index contributed by atoms with van der Waals surface area (Å²) in [4.78, 5) is 21.0. The summed E-state index contributed by atoms with van der Waals surface area (Å²) in [6.07, 6.45) is 7.71. The molecule has 3 heterocycles. The molecular formula is C25H29N7O2.